The van der Waals surface area contributed by atoms with Crippen molar-refractivity contribution in [3.8, 4) is 0 Å². The van der Waals surface area contributed by atoms with Gasteiger partial charge in [-0.1, -0.05) is 0 Å². The lowest BCUT2D eigenvalue weighted by Crippen LogP contribution is -2.51. The molecule has 10 heteroatoms. The number of carbonyl (C=O) groups is 1. The van der Waals surface area contributed by atoms with E-state index < -0.39 is 17.2 Å². The van der Waals surface area contributed by atoms with Crippen molar-refractivity contribution in [3.05, 3.63) is 29.1 Å². The van der Waals surface area contributed by atoms with Crippen molar-refractivity contribution in [2.45, 2.75) is 69.1 Å². The number of fused-ring (bicyclic) bond motifs is 2. The first-order valence-electron chi connectivity index (χ1n) is 11.6. The van der Waals surface area contributed by atoms with Crippen LogP contribution in [0.15, 0.2) is 12.3 Å². The first-order valence-corrected chi connectivity index (χ1v) is 11.6. The van der Waals surface area contributed by atoms with E-state index in [1.807, 2.05) is 0 Å². The second-order valence-corrected chi connectivity index (χ2v) is 9.62. The molecule has 1 aromatic heterocycles. The van der Waals surface area contributed by atoms with E-state index in [0.717, 1.165) is 25.1 Å². The molecule has 5 rings (SSSR count). The van der Waals surface area contributed by atoms with Gasteiger partial charge in [-0.05, 0) is 37.3 Å². The molecule has 3 fully saturated rings. The molecule has 0 bridgehead atoms. The lowest BCUT2D eigenvalue weighted by molar-refractivity contribution is -0.145. The molecule has 0 spiro atoms. The summed E-state index contributed by atoms with van der Waals surface area (Å²) < 4.78 is 56.6. The highest BCUT2D eigenvalue weighted by Crippen LogP contribution is 2.49. The number of alkyl halides is 3. The van der Waals surface area contributed by atoms with Gasteiger partial charge < -0.3 is 24.4 Å². The number of aromatic nitrogens is 1. The molecular formula is C23H30F3N3O4. The number of hydrogen-bond acceptors (Lipinski definition) is 6. The minimum atomic E-state index is -4.45. The smallest absolute Gasteiger partial charge is 0.379 e. The SMILES string of the molecule is COC1COCCC1NC1CC2OCCC2(C(=O)N2CCc3ncc(C(F)(F)F)cc3C2)C1. The summed E-state index contributed by atoms with van der Waals surface area (Å²) in [6.45, 7) is 2.37. The Morgan fingerprint density at radius 2 is 2.21 bits per heavy atom. The molecule has 182 valence electrons. The van der Waals surface area contributed by atoms with Crippen molar-refractivity contribution in [2.24, 2.45) is 5.41 Å². The van der Waals surface area contributed by atoms with Crippen LogP contribution in [0.25, 0.3) is 0 Å². The third-order valence-corrected chi connectivity index (χ3v) is 7.73. The Morgan fingerprint density at radius 3 is 3.00 bits per heavy atom. The molecule has 33 heavy (non-hydrogen) atoms. The molecule has 3 aliphatic heterocycles. The fourth-order valence-electron chi connectivity index (χ4n) is 5.98. The van der Waals surface area contributed by atoms with E-state index in [4.69, 9.17) is 14.2 Å². The van der Waals surface area contributed by atoms with Crippen molar-refractivity contribution in [3.63, 3.8) is 0 Å². The molecule has 5 unspecified atom stereocenters. The maximum atomic E-state index is 13.8. The Hall–Kier alpha value is -1.75. The van der Waals surface area contributed by atoms with E-state index in [9.17, 15) is 18.0 Å². The zero-order chi connectivity index (χ0) is 23.2. The van der Waals surface area contributed by atoms with E-state index in [2.05, 4.69) is 10.3 Å². The Kier molecular flexibility index (Phi) is 6.13. The van der Waals surface area contributed by atoms with Crippen molar-refractivity contribution >= 4 is 5.91 Å². The van der Waals surface area contributed by atoms with E-state index >= 15 is 0 Å². The summed E-state index contributed by atoms with van der Waals surface area (Å²) in [4.78, 5) is 19.5. The summed E-state index contributed by atoms with van der Waals surface area (Å²) in [7, 11) is 1.68. The van der Waals surface area contributed by atoms with E-state index in [1.165, 1.54) is 0 Å². The van der Waals surface area contributed by atoms with Crippen LogP contribution in [0.5, 0.6) is 0 Å². The van der Waals surface area contributed by atoms with Crippen molar-refractivity contribution in [1.82, 2.24) is 15.2 Å². The Balaban J connectivity index is 1.31. The fourth-order valence-corrected chi connectivity index (χ4v) is 5.98. The van der Waals surface area contributed by atoms with Gasteiger partial charge in [0.15, 0.2) is 0 Å². The molecule has 7 nitrogen and oxygen atoms in total. The highest BCUT2D eigenvalue weighted by molar-refractivity contribution is 5.84. The van der Waals surface area contributed by atoms with Gasteiger partial charge in [0.05, 0.1) is 29.8 Å². The topological polar surface area (TPSA) is 72.9 Å². The minimum absolute atomic E-state index is 0.00682. The summed E-state index contributed by atoms with van der Waals surface area (Å²) in [6.07, 6.45) is -0.430. The molecule has 1 aromatic rings. The number of rotatable bonds is 4. The number of methoxy groups -OCH3 is 1. The van der Waals surface area contributed by atoms with Gasteiger partial charge in [0.25, 0.3) is 0 Å². The van der Waals surface area contributed by atoms with Crippen molar-refractivity contribution < 1.29 is 32.2 Å². The summed E-state index contributed by atoms with van der Waals surface area (Å²) in [5.41, 5.74) is -0.281. The van der Waals surface area contributed by atoms with Crippen LogP contribution in [0.2, 0.25) is 0 Å². The molecule has 5 atom stereocenters. The first-order chi connectivity index (χ1) is 15.8. The average molecular weight is 470 g/mol. The molecule has 0 radical (unpaired) electrons. The van der Waals surface area contributed by atoms with Crippen LogP contribution >= 0.6 is 0 Å². The van der Waals surface area contributed by atoms with Gasteiger partial charge in [0.1, 0.15) is 0 Å². The summed E-state index contributed by atoms with van der Waals surface area (Å²) >= 11 is 0. The molecule has 1 saturated carbocycles. The first kappa shape index (κ1) is 23.0. The number of nitrogens with one attached hydrogen (secondary N) is 1. The zero-order valence-electron chi connectivity index (χ0n) is 18.7. The normalized spacial score (nSPS) is 34.2. The number of nitrogens with zero attached hydrogens (tertiary/aromatic N) is 2. The maximum Gasteiger partial charge on any atom is 0.417 e. The Labute approximate surface area is 191 Å². The number of carbonyl (C=O) groups excluding carboxylic acids is 1. The predicted octanol–water partition coefficient (Wildman–Crippen LogP) is 2.32. The molecule has 4 aliphatic rings. The van der Waals surface area contributed by atoms with Crippen LogP contribution < -0.4 is 5.32 Å². The summed E-state index contributed by atoms with van der Waals surface area (Å²) in [6, 6.07) is 1.42. The fraction of sp³-hybridized carbons (Fsp3) is 0.739. The summed E-state index contributed by atoms with van der Waals surface area (Å²) in [5.74, 6) is -0.00682. The van der Waals surface area contributed by atoms with E-state index in [1.54, 1.807) is 12.0 Å². The van der Waals surface area contributed by atoms with Gasteiger partial charge in [-0.25, -0.2) is 0 Å². The molecule has 1 N–H and O–H groups in total. The van der Waals surface area contributed by atoms with Crippen LogP contribution in [0.1, 0.15) is 42.5 Å². The number of halogens is 3. The second-order valence-electron chi connectivity index (χ2n) is 9.62. The van der Waals surface area contributed by atoms with Gasteiger partial charge in [-0.15, -0.1) is 0 Å². The lowest BCUT2D eigenvalue weighted by Gasteiger charge is -2.37. The molecule has 2 saturated heterocycles. The predicted molar refractivity (Wildman–Crippen MR) is 111 cm³/mol. The van der Waals surface area contributed by atoms with Crippen LogP contribution in [0.4, 0.5) is 13.2 Å². The summed E-state index contributed by atoms with van der Waals surface area (Å²) in [5, 5.41) is 3.68. The third kappa shape index (κ3) is 4.26. The van der Waals surface area contributed by atoms with Gasteiger partial charge in [0, 0.05) is 63.8 Å². The number of pyridine rings is 1. The average Bonchev–Trinajstić information content (AvgIpc) is 3.35. The highest BCUT2D eigenvalue weighted by atomic mass is 19.4. The van der Waals surface area contributed by atoms with Gasteiger partial charge in [0.2, 0.25) is 5.91 Å². The molecular weight excluding hydrogens is 439 g/mol. The molecule has 1 amide bonds. The van der Waals surface area contributed by atoms with Crippen molar-refractivity contribution in [2.75, 3.05) is 33.5 Å². The van der Waals surface area contributed by atoms with Gasteiger partial charge in [-0.2, -0.15) is 13.2 Å². The number of amides is 1. The van der Waals surface area contributed by atoms with E-state index in [-0.39, 0.29) is 36.7 Å². The Morgan fingerprint density at radius 1 is 1.36 bits per heavy atom. The van der Waals surface area contributed by atoms with Crippen LogP contribution in [-0.4, -0.2) is 73.6 Å². The van der Waals surface area contributed by atoms with Crippen LogP contribution in [0, 0.1) is 5.41 Å². The highest BCUT2D eigenvalue weighted by Gasteiger charge is 2.58. The molecule has 0 aromatic carbocycles. The quantitative estimate of drug-likeness (QED) is 0.730. The second kappa shape index (κ2) is 8.79. The van der Waals surface area contributed by atoms with Crippen LogP contribution in [-0.2, 0) is 38.1 Å². The lowest BCUT2D eigenvalue weighted by atomic mass is 9.80. The van der Waals surface area contributed by atoms with Gasteiger partial charge in [-0.3, -0.25) is 9.78 Å². The molecule has 4 heterocycles. The molecule has 1 aliphatic carbocycles. The minimum Gasteiger partial charge on any atom is -0.379 e. The standard InChI is InChI=1S/C23H30F3N3O4/c1-31-19-13-32-6-3-18(19)28-16-9-20-22(10-16,4-7-33-20)21(30)29-5-2-17-14(12-29)8-15(11-27-17)23(24,25)26/h8,11,16,18-20,28H,2-7,9-10,12-13H2,1H3. The van der Waals surface area contributed by atoms with E-state index in [0.29, 0.717) is 56.9 Å². The Bertz CT molecular complexity index is 898. The van der Waals surface area contributed by atoms with Crippen LogP contribution in [0.3, 0.4) is 0 Å². The maximum absolute atomic E-state index is 13.8. The van der Waals surface area contributed by atoms with Crippen molar-refractivity contribution in [1.29, 1.82) is 0 Å². The zero-order valence-corrected chi connectivity index (χ0v) is 18.7. The third-order valence-electron chi connectivity index (χ3n) is 7.73. The number of ether oxygens (including phenoxy) is 3. The number of hydrogen-bond donors (Lipinski definition) is 1. The van der Waals surface area contributed by atoms with Gasteiger partial charge >= 0.3 is 6.18 Å². The largest absolute Gasteiger partial charge is 0.417 e. The monoisotopic (exact) mass is 469 g/mol.